The Balaban J connectivity index is 1.74. The fourth-order valence-electron chi connectivity index (χ4n) is 2.68. The zero-order valence-corrected chi connectivity index (χ0v) is 15.8. The van der Waals surface area contributed by atoms with Gasteiger partial charge >= 0.3 is 0 Å². The van der Waals surface area contributed by atoms with Crippen molar-refractivity contribution < 1.29 is 9.90 Å². The molecule has 0 saturated carbocycles. The van der Waals surface area contributed by atoms with Crippen LogP contribution < -0.4 is 5.32 Å². The number of amides is 1. The second-order valence-electron chi connectivity index (χ2n) is 5.95. The van der Waals surface area contributed by atoms with E-state index in [4.69, 9.17) is 0 Å². The van der Waals surface area contributed by atoms with Gasteiger partial charge in [0, 0.05) is 4.47 Å². The van der Waals surface area contributed by atoms with Crippen molar-refractivity contribution in [2.75, 3.05) is 6.61 Å². The molecule has 6 nitrogen and oxygen atoms in total. The molecule has 0 saturated heterocycles. The van der Waals surface area contributed by atoms with E-state index in [9.17, 15) is 9.90 Å². The normalized spacial score (nSPS) is 12.0. The highest BCUT2D eigenvalue weighted by molar-refractivity contribution is 9.10. The van der Waals surface area contributed by atoms with Gasteiger partial charge in [-0.1, -0.05) is 51.5 Å². The van der Waals surface area contributed by atoms with E-state index in [2.05, 4.69) is 31.6 Å². The molecule has 1 aromatic heterocycles. The van der Waals surface area contributed by atoms with Gasteiger partial charge in [-0.25, -0.2) is 4.68 Å². The molecule has 7 heteroatoms. The monoisotopic (exact) mass is 414 g/mol. The summed E-state index contributed by atoms with van der Waals surface area (Å²) in [7, 11) is 0. The molecule has 0 radical (unpaired) electrons. The quantitative estimate of drug-likeness (QED) is 0.649. The highest BCUT2D eigenvalue weighted by Gasteiger charge is 2.20. The van der Waals surface area contributed by atoms with Crippen molar-refractivity contribution in [3.63, 3.8) is 0 Å². The molecule has 3 aromatic rings. The number of halogens is 1. The molecule has 0 unspecified atom stereocenters. The first-order chi connectivity index (χ1) is 12.6. The van der Waals surface area contributed by atoms with Crippen molar-refractivity contribution in [1.29, 1.82) is 0 Å². The molecule has 1 atom stereocenters. The van der Waals surface area contributed by atoms with Gasteiger partial charge in [-0.2, -0.15) is 0 Å². The van der Waals surface area contributed by atoms with Gasteiger partial charge in [0.1, 0.15) is 0 Å². The van der Waals surface area contributed by atoms with Gasteiger partial charge in [0.2, 0.25) is 0 Å². The lowest BCUT2D eigenvalue weighted by Gasteiger charge is -2.15. The Kier molecular flexibility index (Phi) is 5.80. The zero-order chi connectivity index (χ0) is 18.5. The van der Waals surface area contributed by atoms with Crippen molar-refractivity contribution in [2.24, 2.45) is 0 Å². The van der Waals surface area contributed by atoms with Crippen LogP contribution in [0.25, 0.3) is 5.69 Å². The second kappa shape index (κ2) is 8.25. The average molecular weight is 415 g/mol. The van der Waals surface area contributed by atoms with E-state index in [1.165, 1.54) is 0 Å². The average Bonchev–Trinajstić information content (AvgIpc) is 3.04. The number of rotatable bonds is 6. The SMILES string of the molecule is Cc1c(C(=O)N[C@H](CO)Cc2ccccc2)nnn1-c1ccc(Br)cc1. The molecule has 134 valence electrons. The maximum Gasteiger partial charge on any atom is 0.274 e. The minimum atomic E-state index is -0.387. The Labute approximate surface area is 160 Å². The Hall–Kier alpha value is -2.51. The molecule has 26 heavy (non-hydrogen) atoms. The van der Waals surface area contributed by atoms with Gasteiger partial charge in [0.25, 0.3) is 5.91 Å². The molecule has 0 bridgehead atoms. The van der Waals surface area contributed by atoms with Crippen molar-refractivity contribution in [1.82, 2.24) is 20.3 Å². The number of aromatic nitrogens is 3. The van der Waals surface area contributed by atoms with Crippen LogP contribution in [-0.2, 0) is 6.42 Å². The van der Waals surface area contributed by atoms with Crippen LogP contribution in [0.2, 0.25) is 0 Å². The van der Waals surface area contributed by atoms with Gasteiger partial charge in [-0.15, -0.1) is 5.10 Å². The number of nitrogens with one attached hydrogen (secondary N) is 1. The summed E-state index contributed by atoms with van der Waals surface area (Å²) in [6.07, 6.45) is 0.545. The molecule has 0 spiro atoms. The van der Waals surface area contributed by atoms with Gasteiger partial charge in [-0.05, 0) is 43.2 Å². The number of benzene rings is 2. The molecule has 0 aliphatic carbocycles. The molecule has 2 N–H and O–H groups in total. The van der Waals surface area contributed by atoms with Crippen LogP contribution >= 0.6 is 15.9 Å². The van der Waals surface area contributed by atoms with E-state index in [1.807, 2.05) is 54.6 Å². The number of aliphatic hydroxyl groups excluding tert-OH is 1. The fourth-order valence-corrected chi connectivity index (χ4v) is 2.94. The molecule has 2 aromatic carbocycles. The van der Waals surface area contributed by atoms with Crippen molar-refractivity contribution in [3.8, 4) is 5.69 Å². The molecule has 1 amide bonds. The molecular weight excluding hydrogens is 396 g/mol. The van der Waals surface area contributed by atoms with Crippen LogP contribution in [0.5, 0.6) is 0 Å². The number of nitrogens with zero attached hydrogens (tertiary/aromatic N) is 3. The van der Waals surface area contributed by atoms with Gasteiger partial charge in [-0.3, -0.25) is 4.79 Å². The summed E-state index contributed by atoms with van der Waals surface area (Å²) in [5.74, 6) is -0.346. The van der Waals surface area contributed by atoms with Crippen LogP contribution in [-0.4, -0.2) is 38.7 Å². The number of carbonyl (C=O) groups excluding carboxylic acids is 1. The highest BCUT2D eigenvalue weighted by Crippen LogP contribution is 2.16. The predicted molar refractivity (Wildman–Crippen MR) is 102 cm³/mol. The smallest absolute Gasteiger partial charge is 0.274 e. The lowest BCUT2D eigenvalue weighted by Crippen LogP contribution is -2.39. The van der Waals surface area contributed by atoms with Gasteiger partial charge in [0.15, 0.2) is 5.69 Å². The summed E-state index contributed by atoms with van der Waals surface area (Å²) >= 11 is 3.39. The van der Waals surface area contributed by atoms with Crippen LogP contribution in [0.4, 0.5) is 0 Å². The number of aliphatic hydroxyl groups is 1. The minimum absolute atomic E-state index is 0.152. The van der Waals surface area contributed by atoms with E-state index in [0.717, 1.165) is 15.7 Å². The third-order valence-electron chi connectivity index (χ3n) is 4.06. The van der Waals surface area contributed by atoms with E-state index < -0.39 is 0 Å². The van der Waals surface area contributed by atoms with Crippen molar-refractivity contribution in [2.45, 2.75) is 19.4 Å². The van der Waals surface area contributed by atoms with Crippen LogP contribution in [0.1, 0.15) is 21.7 Å². The van der Waals surface area contributed by atoms with E-state index >= 15 is 0 Å². The first-order valence-electron chi connectivity index (χ1n) is 8.22. The largest absolute Gasteiger partial charge is 0.394 e. The Morgan fingerprint density at radius 1 is 1.19 bits per heavy atom. The lowest BCUT2D eigenvalue weighted by atomic mass is 10.1. The van der Waals surface area contributed by atoms with Crippen molar-refractivity contribution in [3.05, 3.63) is 76.0 Å². The highest BCUT2D eigenvalue weighted by atomic mass is 79.9. The van der Waals surface area contributed by atoms with Crippen LogP contribution in [0, 0.1) is 6.92 Å². The molecule has 1 heterocycles. The Morgan fingerprint density at radius 3 is 2.54 bits per heavy atom. The molecule has 0 fully saturated rings. The molecular formula is C19H19BrN4O2. The topological polar surface area (TPSA) is 80.0 Å². The number of hydrogen-bond acceptors (Lipinski definition) is 4. The molecule has 0 aliphatic rings. The van der Waals surface area contributed by atoms with Crippen molar-refractivity contribution >= 4 is 21.8 Å². The fraction of sp³-hybridized carbons (Fsp3) is 0.211. The maximum absolute atomic E-state index is 12.6. The summed E-state index contributed by atoms with van der Waals surface area (Å²) < 4.78 is 2.58. The molecule has 0 aliphatic heterocycles. The Morgan fingerprint density at radius 2 is 1.88 bits per heavy atom. The maximum atomic E-state index is 12.6. The second-order valence-corrected chi connectivity index (χ2v) is 6.87. The third-order valence-corrected chi connectivity index (χ3v) is 4.59. The third kappa shape index (κ3) is 4.17. The molecule has 3 rings (SSSR count). The van der Waals surface area contributed by atoms with E-state index in [-0.39, 0.29) is 24.2 Å². The lowest BCUT2D eigenvalue weighted by molar-refractivity contribution is 0.0910. The summed E-state index contributed by atoms with van der Waals surface area (Å²) in [4.78, 5) is 12.6. The van der Waals surface area contributed by atoms with E-state index in [0.29, 0.717) is 12.1 Å². The van der Waals surface area contributed by atoms with Crippen LogP contribution in [0.3, 0.4) is 0 Å². The first-order valence-corrected chi connectivity index (χ1v) is 9.01. The van der Waals surface area contributed by atoms with Gasteiger partial charge in [0.05, 0.1) is 24.0 Å². The van der Waals surface area contributed by atoms with E-state index in [1.54, 1.807) is 11.6 Å². The zero-order valence-electron chi connectivity index (χ0n) is 14.3. The summed E-state index contributed by atoms with van der Waals surface area (Å²) in [6.45, 7) is 1.64. The first kappa shape index (κ1) is 18.3. The summed E-state index contributed by atoms with van der Waals surface area (Å²) in [6, 6.07) is 16.9. The minimum Gasteiger partial charge on any atom is -0.394 e. The predicted octanol–water partition coefficient (Wildman–Crippen LogP) is 2.67. The summed E-state index contributed by atoms with van der Waals surface area (Å²) in [5, 5.41) is 20.5. The van der Waals surface area contributed by atoms with Crippen LogP contribution in [0.15, 0.2) is 59.1 Å². The van der Waals surface area contributed by atoms with Gasteiger partial charge < -0.3 is 10.4 Å². The Bertz CT molecular complexity index is 878. The number of hydrogen-bond donors (Lipinski definition) is 2. The summed E-state index contributed by atoms with van der Waals surface area (Å²) in [5.41, 5.74) is 2.75. The number of carbonyl (C=O) groups is 1. The standard InChI is InChI=1S/C19H19BrN4O2/c1-13-18(22-23-24(13)17-9-7-15(20)8-10-17)19(26)21-16(12-25)11-14-5-3-2-4-6-14/h2-10,16,25H,11-12H2,1H3,(H,21,26)/t16-/m0/s1.